The summed E-state index contributed by atoms with van der Waals surface area (Å²) < 4.78 is 5.66. The average molecular weight is 359 g/mol. The molecular formula is C23H21NO3. The van der Waals surface area contributed by atoms with Gasteiger partial charge >= 0.3 is 6.09 Å². The van der Waals surface area contributed by atoms with Crippen LogP contribution in [0.3, 0.4) is 0 Å². The molecule has 4 heteroatoms. The molecule has 0 unspecified atom stereocenters. The van der Waals surface area contributed by atoms with Gasteiger partial charge in [0, 0.05) is 18.5 Å². The zero-order valence-corrected chi connectivity index (χ0v) is 15.1. The maximum atomic E-state index is 12.6. The number of nitrogens with zero attached hydrogens (tertiary/aromatic N) is 1. The Morgan fingerprint density at radius 2 is 1.48 bits per heavy atom. The summed E-state index contributed by atoms with van der Waals surface area (Å²) in [5.74, 6) is 0.0304. The van der Waals surface area contributed by atoms with E-state index in [-0.39, 0.29) is 19.1 Å². The van der Waals surface area contributed by atoms with Crippen LogP contribution in [0.1, 0.15) is 22.6 Å². The average Bonchev–Trinajstić information content (AvgIpc) is 3.05. The van der Waals surface area contributed by atoms with Gasteiger partial charge < -0.3 is 9.84 Å². The topological polar surface area (TPSA) is 49.8 Å². The molecule has 1 aliphatic rings. The second kappa shape index (κ2) is 7.25. The maximum Gasteiger partial charge on any atom is 0.414 e. The summed E-state index contributed by atoms with van der Waals surface area (Å²) in [6.07, 6.45) is -0.433. The molecule has 0 aliphatic heterocycles. The number of anilines is 1. The summed E-state index contributed by atoms with van der Waals surface area (Å²) in [4.78, 5) is 14.1. The summed E-state index contributed by atoms with van der Waals surface area (Å²) in [6, 6.07) is 23.8. The zero-order valence-electron chi connectivity index (χ0n) is 15.1. The number of aliphatic hydroxyl groups is 1. The lowest BCUT2D eigenvalue weighted by Gasteiger charge is -2.21. The van der Waals surface area contributed by atoms with Crippen molar-refractivity contribution in [1.82, 2.24) is 0 Å². The number of carbonyl (C=O) groups is 1. The van der Waals surface area contributed by atoms with E-state index >= 15 is 0 Å². The highest BCUT2D eigenvalue weighted by Crippen LogP contribution is 2.44. The van der Waals surface area contributed by atoms with Gasteiger partial charge in [-0.25, -0.2) is 4.79 Å². The third-order valence-corrected chi connectivity index (χ3v) is 5.13. The summed E-state index contributed by atoms with van der Waals surface area (Å²) in [5.41, 5.74) is 6.11. The van der Waals surface area contributed by atoms with Gasteiger partial charge in [-0.05, 0) is 28.3 Å². The molecule has 0 saturated carbocycles. The van der Waals surface area contributed by atoms with E-state index in [4.69, 9.17) is 4.74 Å². The van der Waals surface area contributed by atoms with Gasteiger partial charge in [0.05, 0.1) is 12.3 Å². The van der Waals surface area contributed by atoms with E-state index in [2.05, 4.69) is 24.3 Å². The van der Waals surface area contributed by atoms with Crippen LogP contribution in [0.25, 0.3) is 11.1 Å². The van der Waals surface area contributed by atoms with E-state index in [1.165, 1.54) is 27.2 Å². The van der Waals surface area contributed by atoms with Crippen molar-refractivity contribution in [3.05, 3.63) is 89.5 Å². The van der Waals surface area contributed by atoms with Gasteiger partial charge in [0.15, 0.2) is 0 Å². The number of carbonyl (C=O) groups excluding carboxylic acids is 1. The van der Waals surface area contributed by atoms with Crippen molar-refractivity contribution >= 4 is 11.8 Å². The minimum Gasteiger partial charge on any atom is -0.448 e. The molecule has 1 amide bonds. The molecule has 1 N–H and O–H groups in total. The number of fused-ring (bicyclic) bond motifs is 3. The molecule has 3 aromatic carbocycles. The maximum absolute atomic E-state index is 12.6. The van der Waals surface area contributed by atoms with Crippen molar-refractivity contribution in [3.63, 3.8) is 0 Å². The molecule has 0 radical (unpaired) electrons. The Labute approximate surface area is 158 Å². The van der Waals surface area contributed by atoms with Crippen LogP contribution >= 0.6 is 0 Å². The molecule has 0 bridgehead atoms. The number of hydrogen-bond donors (Lipinski definition) is 1. The summed E-state index contributed by atoms with van der Waals surface area (Å²) >= 11 is 0. The molecule has 4 nitrogen and oxygen atoms in total. The van der Waals surface area contributed by atoms with E-state index in [1.807, 2.05) is 36.4 Å². The minimum absolute atomic E-state index is 0.0304. The highest BCUT2D eigenvalue weighted by molar-refractivity contribution is 5.88. The van der Waals surface area contributed by atoms with E-state index in [9.17, 15) is 9.90 Å². The summed E-state index contributed by atoms with van der Waals surface area (Å²) in [7, 11) is 1.66. The van der Waals surface area contributed by atoms with E-state index in [0.717, 1.165) is 0 Å². The molecule has 0 heterocycles. The summed E-state index contributed by atoms with van der Waals surface area (Å²) in [5, 5.41) is 9.49. The van der Waals surface area contributed by atoms with Crippen LogP contribution in [0.5, 0.6) is 0 Å². The lowest BCUT2D eigenvalue weighted by Crippen LogP contribution is -2.29. The first-order chi connectivity index (χ1) is 13.2. The highest BCUT2D eigenvalue weighted by Gasteiger charge is 2.29. The largest absolute Gasteiger partial charge is 0.448 e. The van der Waals surface area contributed by atoms with Gasteiger partial charge in [-0.1, -0.05) is 66.7 Å². The standard InChI is InChI=1S/C23H21NO3/c1-24(22-13-7-2-8-16(22)14-25)23(26)27-15-21-19-11-5-3-9-17(19)18-10-4-6-12-20(18)21/h2-13,21,25H,14-15H2,1H3. The molecular weight excluding hydrogens is 338 g/mol. The molecule has 0 saturated heterocycles. The van der Waals surface area contributed by atoms with Gasteiger partial charge in [-0.3, -0.25) is 4.90 Å². The van der Waals surface area contributed by atoms with Gasteiger partial charge in [0.1, 0.15) is 6.61 Å². The molecule has 0 atom stereocenters. The van der Waals surface area contributed by atoms with Gasteiger partial charge in [-0.15, -0.1) is 0 Å². The van der Waals surface area contributed by atoms with Gasteiger partial charge in [0.25, 0.3) is 0 Å². The lowest BCUT2D eigenvalue weighted by atomic mass is 9.98. The first-order valence-corrected chi connectivity index (χ1v) is 8.98. The molecule has 1 aliphatic carbocycles. The summed E-state index contributed by atoms with van der Waals surface area (Å²) in [6.45, 7) is 0.148. The first-order valence-electron chi connectivity index (χ1n) is 8.98. The SMILES string of the molecule is CN(C(=O)OCC1c2ccccc2-c2ccccc21)c1ccccc1CO. The third-order valence-electron chi connectivity index (χ3n) is 5.13. The fraction of sp³-hybridized carbons (Fsp3) is 0.174. The normalized spacial score (nSPS) is 12.4. The third kappa shape index (κ3) is 3.09. The molecule has 0 aromatic heterocycles. The predicted molar refractivity (Wildman–Crippen MR) is 106 cm³/mol. The number of benzene rings is 3. The van der Waals surface area contributed by atoms with Crippen molar-refractivity contribution < 1.29 is 14.6 Å². The molecule has 4 rings (SSSR count). The van der Waals surface area contributed by atoms with Gasteiger partial charge in [0.2, 0.25) is 0 Å². The van der Waals surface area contributed by atoms with Crippen LogP contribution in [-0.4, -0.2) is 24.9 Å². The van der Waals surface area contributed by atoms with Crippen molar-refractivity contribution in [3.8, 4) is 11.1 Å². The Morgan fingerprint density at radius 3 is 2.11 bits per heavy atom. The number of aliphatic hydroxyl groups excluding tert-OH is 1. The van der Waals surface area contributed by atoms with Crippen LogP contribution in [0.4, 0.5) is 10.5 Å². The van der Waals surface area contributed by atoms with Crippen LogP contribution in [-0.2, 0) is 11.3 Å². The van der Waals surface area contributed by atoms with E-state index in [1.54, 1.807) is 19.2 Å². The van der Waals surface area contributed by atoms with E-state index < -0.39 is 6.09 Å². The number of para-hydroxylation sites is 1. The Morgan fingerprint density at radius 1 is 0.926 bits per heavy atom. The van der Waals surface area contributed by atoms with Crippen molar-refractivity contribution in [1.29, 1.82) is 0 Å². The Kier molecular flexibility index (Phi) is 4.65. The lowest BCUT2D eigenvalue weighted by molar-refractivity contribution is 0.151. The fourth-order valence-electron chi connectivity index (χ4n) is 3.76. The smallest absolute Gasteiger partial charge is 0.414 e. The highest BCUT2D eigenvalue weighted by atomic mass is 16.6. The first kappa shape index (κ1) is 17.3. The number of ether oxygens (including phenoxy) is 1. The molecule has 136 valence electrons. The van der Waals surface area contributed by atoms with Crippen LogP contribution in [0.15, 0.2) is 72.8 Å². The van der Waals surface area contributed by atoms with Crippen molar-refractivity contribution in [2.45, 2.75) is 12.5 Å². The van der Waals surface area contributed by atoms with Crippen LogP contribution in [0.2, 0.25) is 0 Å². The second-order valence-corrected chi connectivity index (χ2v) is 6.65. The number of rotatable bonds is 4. The molecule has 27 heavy (non-hydrogen) atoms. The Balaban J connectivity index is 1.54. The van der Waals surface area contributed by atoms with Crippen molar-refractivity contribution in [2.75, 3.05) is 18.6 Å². The molecule has 0 fully saturated rings. The van der Waals surface area contributed by atoms with E-state index in [0.29, 0.717) is 11.3 Å². The number of hydrogen-bond acceptors (Lipinski definition) is 3. The minimum atomic E-state index is -0.433. The van der Waals surface area contributed by atoms with Crippen LogP contribution in [0, 0.1) is 0 Å². The predicted octanol–water partition coefficient (Wildman–Crippen LogP) is 4.56. The zero-order chi connectivity index (χ0) is 18.8. The fourth-order valence-corrected chi connectivity index (χ4v) is 3.76. The molecule has 3 aromatic rings. The molecule has 0 spiro atoms. The van der Waals surface area contributed by atoms with Crippen molar-refractivity contribution in [2.24, 2.45) is 0 Å². The number of amides is 1. The Bertz CT molecular complexity index is 937. The Hall–Kier alpha value is -3.11. The quantitative estimate of drug-likeness (QED) is 0.743. The van der Waals surface area contributed by atoms with Gasteiger partial charge in [-0.2, -0.15) is 0 Å². The monoisotopic (exact) mass is 359 g/mol. The second-order valence-electron chi connectivity index (χ2n) is 6.65. The van der Waals surface area contributed by atoms with Crippen LogP contribution < -0.4 is 4.90 Å².